The highest BCUT2D eigenvalue weighted by Gasteiger charge is 2.31. The molecule has 23 heavy (non-hydrogen) atoms. The highest BCUT2D eigenvalue weighted by atomic mass is 16.2. The molecular weight excluding hydrogens is 290 g/mol. The molecule has 3 rings (SSSR count). The molecule has 0 saturated heterocycles. The Balaban J connectivity index is 1.98. The van der Waals surface area contributed by atoms with Crippen LogP contribution in [0.1, 0.15) is 52.5 Å². The Morgan fingerprint density at radius 1 is 1.13 bits per heavy atom. The number of hydrogen-bond acceptors (Lipinski definition) is 3. The fourth-order valence-corrected chi connectivity index (χ4v) is 3.78. The molecule has 5 nitrogen and oxygen atoms in total. The normalized spacial score (nSPS) is 22.4. The minimum atomic E-state index is -0.313. The topological polar surface area (TPSA) is 80.9 Å². The fraction of sp³-hybridized carbons (Fsp3) is 0.556. The zero-order valence-electron chi connectivity index (χ0n) is 14.1. The lowest BCUT2D eigenvalue weighted by molar-refractivity contribution is 0.149. The van der Waals surface area contributed by atoms with Crippen molar-refractivity contribution in [1.29, 1.82) is 0 Å². The van der Waals surface area contributed by atoms with Gasteiger partial charge in [0, 0.05) is 11.7 Å². The van der Waals surface area contributed by atoms with E-state index in [9.17, 15) is 9.59 Å². The molecule has 1 heterocycles. The Kier molecular flexibility index (Phi) is 3.82. The van der Waals surface area contributed by atoms with E-state index in [0.29, 0.717) is 22.5 Å². The molecule has 1 aliphatic carbocycles. The predicted molar refractivity (Wildman–Crippen MR) is 93.7 cm³/mol. The standard InChI is InChI=1S/C18H25N3O2/c1-18(2,3)11-4-7-13(8-5-11)21-16(22)14-10-12(19)6-9-15(14)20-17(21)23/h6,9-11,13H,4-5,7-8,19H2,1-3H3,(H,20,23)/t11-,13+. The number of aromatic nitrogens is 2. The molecule has 1 aromatic carbocycles. The Morgan fingerprint density at radius 2 is 1.78 bits per heavy atom. The van der Waals surface area contributed by atoms with Crippen molar-refractivity contribution < 1.29 is 0 Å². The van der Waals surface area contributed by atoms with Crippen LogP contribution in [0.25, 0.3) is 10.9 Å². The fourth-order valence-electron chi connectivity index (χ4n) is 3.78. The summed E-state index contributed by atoms with van der Waals surface area (Å²) in [6.07, 6.45) is 3.85. The third-order valence-electron chi connectivity index (χ3n) is 5.24. The van der Waals surface area contributed by atoms with Crippen LogP contribution in [-0.2, 0) is 0 Å². The van der Waals surface area contributed by atoms with Crippen molar-refractivity contribution in [2.45, 2.75) is 52.5 Å². The molecule has 0 atom stereocenters. The predicted octanol–water partition coefficient (Wildman–Crippen LogP) is 3.05. The van der Waals surface area contributed by atoms with Crippen LogP contribution in [0.5, 0.6) is 0 Å². The largest absolute Gasteiger partial charge is 0.399 e. The summed E-state index contributed by atoms with van der Waals surface area (Å²) < 4.78 is 1.40. The monoisotopic (exact) mass is 315 g/mol. The molecule has 0 radical (unpaired) electrons. The first-order valence-corrected chi connectivity index (χ1v) is 8.31. The number of nitrogens with zero attached hydrogens (tertiary/aromatic N) is 1. The van der Waals surface area contributed by atoms with E-state index in [0.717, 1.165) is 25.7 Å². The number of H-pyrrole nitrogens is 1. The number of nitrogens with two attached hydrogens (primary N) is 1. The second-order valence-electron chi connectivity index (χ2n) is 7.78. The van der Waals surface area contributed by atoms with Crippen LogP contribution >= 0.6 is 0 Å². The number of hydrogen-bond donors (Lipinski definition) is 2. The minimum Gasteiger partial charge on any atom is -0.399 e. The Bertz CT molecular complexity index is 834. The number of aromatic amines is 1. The molecule has 1 saturated carbocycles. The van der Waals surface area contributed by atoms with Gasteiger partial charge < -0.3 is 10.7 Å². The van der Waals surface area contributed by atoms with Crippen LogP contribution in [0.4, 0.5) is 5.69 Å². The van der Waals surface area contributed by atoms with E-state index >= 15 is 0 Å². The van der Waals surface area contributed by atoms with Gasteiger partial charge in [0.2, 0.25) is 0 Å². The highest BCUT2D eigenvalue weighted by Crippen LogP contribution is 2.40. The van der Waals surface area contributed by atoms with Gasteiger partial charge in [0.15, 0.2) is 0 Å². The van der Waals surface area contributed by atoms with Gasteiger partial charge in [-0.2, -0.15) is 0 Å². The zero-order chi connectivity index (χ0) is 16.8. The van der Waals surface area contributed by atoms with Crippen molar-refractivity contribution in [3.05, 3.63) is 39.0 Å². The van der Waals surface area contributed by atoms with Gasteiger partial charge in [-0.25, -0.2) is 4.79 Å². The highest BCUT2D eigenvalue weighted by molar-refractivity contribution is 5.80. The molecule has 124 valence electrons. The molecule has 1 fully saturated rings. The second-order valence-corrected chi connectivity index (χ2v) is 7.78. The summed E-state index contributed by atoms with van der Waals surface area (Å²) in [6.45, 7) is 6.78. The third-order valence-corrected chi connectivity index (χ3v) is 5.24. The third kappa shape index (κ3) is 2.92. The van der Waals surface area contributed by atoms with Gasteiger partial charge in [-0.15, -0.1) is 0 Å². The lowest BCUT2D eigenvalue weighted by Crippen LogP contribution is -2.40. The van der Waals surface area contributed by atoms with Crippen LogP contribution < -0.4 is 17.0 Å². The van der Waals surface area contributed by atoms with Gasteiger partial charge in [0.05, 0.1) is 10.9 Å². The number of rotatable bonds is 1. The van der Waals surface area contributed by atoms with Crippen molar-refractivity contribution in [2.24, 2.45) is 11.3 Å². The van der Waals surface area contributed by atoms with Crippen LogP contribution in [0.3, 0.4) is 0 Å². The number of benzene rings is 1. The zero-order valence-corrected chi connectivity index (χ0v) is 14.1. The van der Waals surface area contributed by atoms with Crippen LogP contribution in [0, 0.1) is 11.3 Å². The van der Waals surface area contributed by atoms with E-state index in [-0.39, 0.29) is 22.7 Å². The molecule has 1 aliphatic rings. The molecule has 0 amide bonds. The van der Waals surface area contributed by atoms with Gasteiger partial charge in [-0.05, 0) is 55.2 Å². The molecule has 0 aliphatic heterocycles. The van der Waals surface area contributed by atoms with E-state index in [1.807, 2.05) is 0 Å². The summed E-state index contributed by atoms with van der Waals surface area (Å²) >= 11 is 0. The van der Waals surface area contributed by atoms with Crippen LogP contribution in [0.15, 0.2) is 27.8 Å². The summed E-state index contributed by atoms with van der Waals surface area (Å²) in [6, 6.07) is 5.01. The Labute approximate surface area is 135 Å². The van der Waals surface area contributed by atoms with Crippen molar-refractivity contribution in [3.63, 3.8) is 0 Å². The molecular formula is C18H25N3O2. The maximum absolute atomic E-state index is 12.8. The van der Waals surface area contributed by atoms with Gasteiger partial charge >= 0.3 is 5.69 Å². The lowest BCUT2D eigenvalue weighted by Gasteiger charge is -2.37. The van der Waals surface area contributed by atoms with E-state index in [1.165, 1.54) is 4.57 Å². The first-order valence-electron chi connectivity index (χ1n) is 8.31. The maximum atomic E-state index is 12.8. The number of anilines is 1. The SMILES string of the molecule is CC(C)(C)[C@H]1CC[C@@H](n2c(=O)[nH]c3ccc(N)cc3c2=O)CC1. The molecule has 0 unspecified atom stereocenters. The van der Waals surface area contributed by atoms with Crippen molar-refractivity contribution in [1.82, 2.24) is 9.55 Å². The van der Waals surface area contributed by atoms with E-state index in [1.54, 1.807) is 18.2 Å². The molecule has 0 bridgehead atoms. The van der Waals surface area contributed by atoms with Gasteiger partial charge in [-0.3, -0.25) is 9.36 Å². The average Bonchev–Trinajstić information content (AvgIpc) is 2.48. The molecule has 5 heteroatoms. The van der Waals surface area contributed by atoms with Crippen molar-refractivity contribution in [3.8, 4) is 0 Å². The Hall–Kier alpha value is -2.04. The van der Waals surface area contributed by atoms with Gasteiger partial charge in [-0.1, -0.05) is 20.8 Å². The number of nitrogen functional groups attached to an aromatic ring is 1. The summed E-state index contributed by atoms with van der Waals surface area (Å²) in [5, 5.41) is 0.488. The van der Waals surface area contributed by atoms with Crippen LogP contribution in [-0.4, -0.2) is 9.55 Å². The smallest absolute Gasteiger partial charge is 0.329 e. The van der Waals surface area contributed by atoms with E-state index in [4.69, 9.17) is 5.73 Å². The Morgan fingerprint density at radius 3 is 2.39 bits per heavy atom. The number of nitrogens with one attached hydrogen (secondary N) is 1. The van der Waals surface area contributed by atoms with Gasteiger partial charge in [0.25, 0.3) is 5.56 Å². The van der Waals surface area contributed by atoms with Gasteiger partial charge in [0.1, 0.15) is 0 Å². The lowest BCUT2D eigenvalue weighted by atomic mass is 9.71. The number of fused-ring (bicyclic) bond motifs is 1. The molecule has 2 aromatic rings. The summed E-state index contributed by atoms with van der Waals surface area (Å²) in [4.78, 5) is 28.0. The van der Waals surface area contributed by atoms with Crippen molar-refractivity contribution in [2.75, 3.05) is 5.73 Å². The quantitative estimate of drug-likeness (QED) is 0.794. The first-order chi connectivity index (χ1) is 10.8. The van der Waals surface area contributed by atoms with E-state index < -0.39 is 0 Å². The minimum absolute atomic E-state index is 0.0179. The molecule has 3 N–H and O–H groups in total. The first kappa shape index (κ1) is 15.8. The summed E-state index contributed by atoms with van der Waals surface area (Å²) in [5.41, 5.74) is 6.61. The molecule has 1 aromatic heterocycles. The maximum Gasteiger partial charge on any atom is 0.329 e. The van der Waals surface area contributed by atoms with Crippen molar-refractivity contribution >= 4 is 16.6 Å². The molecule has 0 spiro atoms. The summed E-state index contributed by atoms with van der Waals surface area (Å²) in [5.74, 6) is 0.643. The average molecular weight is 315 g/mol. The van der Waals surface area contributed by atoms with E-state index in [2.05, 4.69) is 25.8 Å². The van der Waals surface area contributed by atoms with Crippen LogP contribution in [0.2, 0.25) is 0 Å². The second kappa shape index (κ2) is 5.55. The summed E-state index contributed by atoms with van der Waals surface area (Å²) in [7, 11) is 0.